The van der Waals surface area contributed by atoms with Crippen LogP contribution in [0, 0.1) is 10.7 Å². The summed E-state index contributed by atoms with van der Waals surface area (Å²) in [5.74, 6) is 0.705. The summed E-state index contributed by atoms with van der Waals surface area (Å²) in [6.07, 6.45) is 6.08. The van der Waals surface area contributed by atoms with Crippen molar-refractivity contribution in [3.8, 4) is 11.1 Å². The van der Waals surface area contributed by atoms with E-state index in [-0.39, 0.29) is 10.8 Å². The van der Waals surface area contributed by atoms with E-state index in [0.717, 1.165) is 28.7 Å². The minimum absolute atomic E-state index is 0.0844. The number of hydrogen-bond donors (Lipinski definition) is 3. The number of aromatic nitrogens is 2. The number of aromatic amines is 1. The highest BCUT2D eigenvalue weighted by molar-refractivity contribution is 7.93. The Hall–Kier alpha value is -2.54. The Morgan fingerprint density at radius 2 is 2.04 bits per heavy atom. The molecule has 2 aromatic heterocycles. The molecule has 1 atom stereocenters. The molecule has 0 bridgehead atoms. The van der Waals surface area contributed by atoms with Crippen LogP contribution < -0.4 is 10.9 Å². The Bertz CT molecular complexity index is 1200. The molecular formula is C21H26N4O2S. The van der Waals surface area contributed by atoms with E-state index in [9.17, 15) is 9.00 Å². The van der Waals surface area contributed by atoms with Crippen LogP contribution in [0.1, 0.15) is 26.7 Å². The smallest absolute Gasteiger partial charge is 0.274 e. The number of pyridine rings is 1. The third-order valence-electron chi connectivity index (χ3n) is 5.47. The number of nitrogens with one attached hydrogen (secondary N) is 3. The van der Waals surface area contributed by atoms with E-state index in [1.807, 2.05) is 38.2 Å². The van der Waals surface area contributed by atoms with E-state index in [2.05, 4.69) is 10.3 Å². The third-order valence-corrected chi connectivity index (χ3v) is 7.75. The molecule has 0 radical (unpaired) electrons. The molecule has 0 amide bonds. The van der Waals surface area contributed by atoms with Gasteiger partial charge < -0.3 is 14.9 Å². The van der Waals surface area contributed by atoms with E-state index in [4.69, 9.17) is 4.78 Å². The van der Waals surface area contributed by atoms with Crippen molar-refractivity contribution in [3.05, 3.63) is 47.0 Å². The summed E-state index contributed by atoms with van der Waals surface area (Å²) in [6, 6.07) is 7.47. The maximum Gasteiger partial charge on any atom is 0.274 e. The molecule has 0 saturated heterocycles. The maximum atomic E-state index is 13.0. The molecule has 28 heavy (non-hydrogen) atoms. The summed E-state index contributed by atoms with van der Waals surface area (Å²) < 4.78 is 22.9. The lowest BCUT2D eigenvalue weighted by Crippen LogP contribution is -2.17. The predicted molar refractivity (Wildman–Crippen MR) is 114 cm³/mol. The van der Waals surface area contributed by atoms with Crippen molar-refractivity contribution in [3.63, 3.8) is 0 Å². The second kappa shape index (κ2) is 6.81. The molecule has 1 saturated carbocycles. The van der Waals surface area contributed by atoms with Gasteiger partial charge in [-0.15, -0.1) is 0 Å². The first-order valence-corrected chi connectivity index (χ1v) is 11.2. The van der Waals surface area contributed by atoms with Gasteiger partial charge in [-0.1, -0.05) is 0 Å². The summed E-state index contributed by atoms with van der Waals surface area (Å²) in [6.45, 7) is 4.52. The van der Waals surface area contributed by atoms with Gasteiger partial charge in [0.25, 0.3) is 5.56 Å². The Labute approximate surface area is 165 Å². The first kappa shape index (κ1) is 18.8. The standard InChI is InChI=1S/C21H26N4O2S/c1-13(2)28(22,27)15-6-7-19(24-11-14-4-5-14)17(10-15)18-12-25(3)21(26)20-16(18)8-9-23-20/h6-10,12-14,22-24H,4-5,11H2,1-3H3. The highest BCUT2D eigenvalue weighted by Gasteiger charge is 2.23. The quantitative estimate of drug-likeness (QED) is 0.582. The van der Waals surface area contributed by atoms with Crippen molar-refractivity contribution in [2.75, 3.05) is 11.9 Å². The van der Waals surface area contributed by atoms with Crippen molar-refractivity contribution >= 4 is 26.3 Å². The van der Waals surface area contributed by atoms with E-state index < -0.39 is 9.73 Å². The number of hydrogen-bond acceptors (Lipinski definition) is 4. The average molecular weight is 399 g/mol. The average Bonchev–Trinajstić information content (AvgIpc) is 3.36. The van der Waals surface area contributed by atoms with Crippen LogP contribution in [-0.4, -0.2) is 25.6 Å². The van der Waals surface area contributed by atoms with E-state index in [0.29, 0.717) is 16.3 Å². The van der Waals surface area contributed by atoms with Crippen LogP contribution in [0.15, 0.2) is 46.3 Å². The molecule has 1 aromatic carbocycles. The second-order valence-corrected chi connectivity index (χ2v) is 10.5. The largest absolute Gasteiger partial charge is 0.384 e. The Morgan fingerprint density at radius 1 is 1.29 bits per heavy atom. The predicted octanol–water partition coefficient (Wildman–Crippen LogP) is 4.17. The molecule has 0 aliphatic heterocycles. The van der Waals surface area contributed by atoms with Crippen molar-refractivity contribution in [2.24, 2.45) is 13.0 Å². The van der Waals surface area contributed by atoms with Gasteiger partial charge in [-0.3, -0.25) is 4.79 Å². The number of fused-ring (bicyclic) bond motifs is 1. The SMILES string of the molecule is CC(C)S(=N)(=O)c1ccc(NCC2CC2)c(-c2cn(C)c(=O)c3[nH]ccc23)c1. The van der Waals surface area contributed by atoms with E-state index in [1.54, 1.807) is 23.9 Å². The van der Waals surface area contributed by atoms with Crippen LogP contribution in [0.3, 0.4) is 0 Å². The molecule has 1 aliphatic carbocycles. The van der Waals surface area contributed by atoms with Crippen molar-refractivity contribution in [1.29, 1.82) is 4.78 Å². The molecule has 3 N–H and O–H groups in total. The lowest BCUT2D eigenvalue weighted by atomic mass is 10.0. The van der Waals surface area contributed by atoms with Gasteiger partial charge in [-0.2, -0.15) is 0 Å². The number of rotatable bonds is 6. The molecule has 6 nitrogen and oxygen atoms in total. The number of nitrogens with zero attached hydrogens (tertiary/aromatic N) is 1. The third kappa shape index (κ3) is 3.24. The zero-order valence-electron chi connectivity index (χ0n) is 16.4. The van der Waals surface area contributed by atoms with Gasteiger partial charge in [0.15, 0.2) is 0 Å². The fraction of sp³-hybridized carbons (Fsp3) is 0.381. The zero-order valence-corrected chi connectivity index (χ0v) is 17.2. The highest BCUT2D eigenvalue weighted by atomic mass is 32.2. The fourth-order valence-corrected chi connectivity index (χ4v) is 4.53. The summed E-state index contributed by atoms with van der Waals surface area (Å²) in [4.78, 5) is 16.0. The molecule has 7 heteroatoms. The van der Waals surface area contributed by atoms with Crippen LogP contribution in [0.25, 0.3) is 22.0 Å². The highest BCUT2D eigenvalue weighted by Crippen LogP contribution is 2.36. The van der Waals surface area contributed by atoms with Crippen LogP contribution in [-0.2, 0) is 16.8 Å². The van der Waals surface area contributed by atoms with Gasteiger partial charge in [0, 0.05) is 58.3 Å². The number of anilines is 1. The number of aryl methyl sites for hydroxylation is 1. The molecule has 1 fully saturated rings. The lowest BCUT2D eigenvalue weighted by Gasteiger charge is -2.18. The van der Waals surface area contributed by atoms with Gasteiger partial charge >= 0.3 is 0 Å². The Balaban J connectivity index is 1.94. The summed E-state index contributed by atoms with van der Waals surface area (Å²) >= 11 is 0. The Morgan fingerprint density at radius 3 is 2.71 bits per heavy atom. The Kier molecular flexibility index (Phi) is 4.57. The van der Waals surface area contributed by atoms with Gasteiger partial charge in [0.2, 0.25) is 0 Å². The minimum Gasteiger partial charge on any atom is -0.384 e. The minimum atomic E-state index is -2.91. The number of H-pyrrole nitrogens is 1. The fourth-order valence-electron chi connectivity index (χ4n) is 3.42. The molecule has 1 unspecified atom stereocenters. The van der Waals surface area contributed by atoms with Gasteiger partial charge in [0.05, 0.1) is 9.73 Å². The molecule has 3 aromatic rings. The van der Waals surface area contributed by atoms with Gasteiger partial charge in [-0.05, 0) is 56.9 Å². The zero-order chi connectivity index (χ0) is 20.1. The van der Waals surface area contributed by atoms with Crippen LogP contribution in [0.5, 0.6) is 0 Å². The van der Waals surface area contributed by atoms with E-state index >= 15 is 0 Å². The second-order valence-electron chi connectivity index (χ2n) is 7.91. The molecular weight excluding hydrogens is 372 g/mol. The van der Waals surface area contributed by atoms with Crippen LogP contribution >= 0.6 is 0 Å². The summed E-state index contributed by atoms with van der Waals surface area (Å²) in [5, 5.41) is 4.07. The molecule has 1 aliphatic rings. The topological polar surface area (TPSA) is 90.7 Å². The van der Waals surface area contributed by atoms with Crippen molar-refractivity contribution in [2.45, 2.75) is 36.8 Å². The molecule has 2 heterocycles. The molecule has 4 rings (SSSR count). The van der Waals surface area contributed by atoms with Crippen molar-refractivity contribution in [1.82, 2.24) is 9.55 Å². The summed E-state index contributed by atoms with van der Waals surface area (Å²) in [5.41, 5.74) is 3.17. The van der Waals surface area contributed by atoms with Gasteiger partial charge in [0.1, 0.15) is 5.52 Å². The maximum absolute atomic E-state index is 13.0. The van der Waals surface area contributed by atoms with Crippen LogP contribution in [0.4, 0.5) is 5.69 Å². The van der Waals surface area contributed by atoms with E-state index in [1.165, 1.54) is 12.8 Å². The van der Waals surface area contributed by atoms with Gasteiger partial charge in [-0.25, -0.2) is 8.99 Å². The van der Waals surface area contributed by atoms with Crippen LogP contribution in [0.2, 0.25) is 0 Å². The molecule has 148 valence electrons. The first-order valence-electron chi connectivity index (χ1n) is 9.61. The molecule has 0 spiro atoms. The normalized spacial score (nSPS) is 16.4. The first-order chi connectivity index (χ1) is 13.3. The monoisotopic (exact) mass is 398 g/mol. The summed E-state index contributed by atoms with van der Waals surface area (Å²) in [7, 11) is -1.17. The lowest BCUT2D eigenvalue weighted by molar-refractivity contribution is 0.667. The number of benzene rings is 1. The van der Waals surface area contributed by atoms with Crippen molar-refractivity contribution < 1.29 is 4.21 Å².